The first-order chi connectivity index (χ1) is 6.77. The van der Waals surface area contributed by atoms with Gasteiger partial charge in [0.25, 0.3) is 0 Å². The lowest BCUT2D eigenvalue weighted by atomic mass is 10.0. The standard InChI is InChI=1S/C12H17NO/c1-4-5-6-10(2)11-7-8-13-12(9-11)14-3/h5-10H,4H2,1-3H3/b6-5-. The highest BCUT2D eigenvalue weighted by atomic mass is 16.5. The molecule has 0 amide bonds. The third-order valence-electron chi connectivity index (χ3n) is 2.15. The monoisotopic (exact) mass is 191 g/mol. The van der Waals surface area contributed by atoms with Crippen LogP contribution in [0.1, 0.15) is 31.7 Å². The van der Waals surface area contributed by atoms with Gasteiger partial charge in [-0.25, -0.2) is 4.98 Å². The Balaban J connectivity index is 2.78. The summed E-state index contributed by atoms with van der Waals surface area (Å²) in [4.78, 5) is 4.07. The molecular formula is C12H17NO. The van der Waals surface area contributed by atoms with Crippen molar-refractivity contribution in [2.75, 3.05) is 7.11 Å². The Hall–Kier alpha value is -1.31. The van der Waals surface area contributed by atoms with E-state index in [4.69, 9.17) is 4.74 Å². The van der Waals surface area contributed by atoms with E-state index in [2.05, 4.69) is 31.0 Å². The molecule has 0 aliphatic carbocycles. The lowest BCUT2D eigenvalue weighted by Crippen LogP contribution is -1.92. The minimum Gasteiger partial charge on any atom is -0.481 e. The second kappa shape index (κ2) is 5.43. The van der Waals surface area contributed by atoms with Gasteiger partial charge in [-0.3, -0.25) is 0 Å². The largest absolute Gasteiger partial charge is 0.481 e. The van der Waals surface area contributed by atoms with Gasteiger partial charge in [-0.15, -0.1) is 0 Å². The molecule has 2 nitrogen and oxygen atoms in total. The van der Waals surface area contributed by atoms with Crippen LogP contribution in [0.3, 0.4) is 0 Å². The first-order valence-corrected chi connectivity index (χ1v) is 4.94. The van der Waals surface area contributed by atoms with Gasteiger partial charge in [0.1, 0.15) is 0 Å². The molecule has 0 radical (unpaired) electrons. The van der Waals surface area contributed by atoms with Gasteiger partial charge in [0, 0.05) is 12.3 Å². The molecule has 0 saturated carbocycles. The van der Waals surface area contributed by atoms with Crippen molar-refractivity contribution in [3.63, 3.8) is 0 Å². The van der Waals surface area contributed by atoms with Crippen molar-refractivity contribution >= 4 is 0 Å². The molecule has 1 atom stereocenters. The molecule has 14 heavy (non-hydrogen) atoms. The van der Waals surface area contributed by atoms with E-state index in [0.717, 1.165) is 6.42 Å². The minimum atomic E-state index is 0.423. The lowest BCUT2D eigenvalue weighted by Gasteiger charge is -2.07. The number of rotatable bonds is 4. The number of hydrogen-bond acceptors (Lipinski definition) is 2. The third-order valence-corrected chi connectivity index (χ3v) is 2.15. The normalized spacial score (nSPS) is 13.1. The van der Waals surface area contributed by atoms with E-state index in [1.807, 2.05) is 12.1 Å². The van der Waals surface area contributed by atoms with E-state index in [-0.39, 0.29) is 0 Å². The third kappa shape index (κ3) is 2.87. The molecule has 0 aromatic carbocycles. The highest BCUT2D eigenvalue weighted by Gasteiger charge is 2.02. The van der Waals surface area contributed by atoms with Crippen LogP contribution >= 0.6 is 0 Å². The molecule has 0 aliphatic rings. The quantitative estimate of drug-likeness (QED) is 0.682. The van der Waals surface area contributed by atoms with Gasteiger partial charge in [-0.2, -0.15) is 0 Å². The number of allylic oxidation sites excluding steroid dienone is 2. The van der Waals surface area contributed by atoms with Crippen molar-refractivity contribution < 1.29 is 4.74 Å². The Morgan fingerprint density at radius 3 is 3.00 bits per heavy atom. The van der Waals surface area contributed by atoms with Crippen LogP contribution in [0.25, 0.3) is 0 Å². The molecule has 1 rings (SSSR count). The summed E-state index contributed by atoms with van der Waals surface area (Å²) in [5.74, 6) is 1.10. The molecule has 1 aromatic heterocycles. The molecule has 0 fully saturated rings. The summed E-state index contributed by atoms with van der Waals surface area (Å²) in [6.45, 7) is 4.30. The Bertz CT molecular complexity index is 307. The van der Waals surface area contributed by atoms with E-state index >= 15 is 0 Å². The van der Waals surface area contributed by atoms with Gasteiger partial charge in [0.15, 0.2) is 0 Å². The average molecular weight is 191 g/mol. The van der Waals surface area contributed by atoms with E-state index in [9.17, 15) is 0 Å². The smallest absolute Gasteiger partial charge is 0.213 e. The molecule has 0 aliphatic heterocycles. The predicted octanol–water partition coefficient (Wildman–Crippen LogP) is 3.16. The summed E-state index contributed by atoms with van der Waals surface area (Å²) in [6, 6.07) is 4.00. The SMILES string of the molecule is CC/C=C\C(C)c1ccnc(OC)c1. The molecule has 0 bridgehead atoms. The minimum absolute atomic E-state index is 0.423. The first kappa shape index (κ1) is 10.8. The van der Waals surface area contributed by atoms with Crippen molar-refractivity contribution in [2.45, 2.75) is 26.2 Å². The summed E-state index contributed by atoms with van der Waals surface area (Å²) >= 11 is 0. The van der Waals surface area contributed by atoms with Crippen LogP contribution in [0.4, 0.5) is 0 Å². The van der Waals surface area contributed by atoms with E-state index in [0.29, 0.717) is 11.8 Å². The molecule has 0 N–H and O–H groups in total. The molecule has 1 unspecified atom stereocenters. The zero-order valence-corrected chi connectivity index (χ0v) is 9.03. The van der Waals surface area contributed by atoms with Crippen molar-refractivity contribution in [1.82, 2.24) is 4.98 Å². The predicted molar refractivity (Wildman–Crippen MR) is 58.6 cm³/mol. The zero-order valence-electron chi connectivity index (χ0n) is 9.03. The van der Waals surface area contributed by atoms with Crippen LogP contribution in [-0.2, 0) is 0 Å². The molecule has 0 spiro atoms. The fraction of sp³-hybridized carbons (Fsp3) is 0.417. The summed E-state index contributed by atoms with van der Waals surface area (Å²) in [5, 5.41) is 0. The number of hydrogen-bond donors (Lipinski definition) is 0. The molecule has 1 heterocycles. The van der Waals surface area contributed by atoms with Gasteiger partial charge in [0.2, 0.25) is 5.88 Å². The van der Waals surface area contributed by atoms with Crippen LogP contribution in [0.5, 0.6) is 5.88 Å². The van der Waals surface area contributed by atoms with Crippen molar-refractivity contribution in [3.05, 3.63) is 36.0 Å². The molecule has 2 heteroatoms. The number of aromatic nitrogens is 1. The zero-order chi connectivity index (χ0) is 10.4. The molecular weight excluding hydrogens is 174 g/mol. The Morgan fingerprint density at radius 2 is 2.36 bits per heavy atom. The van der Waals surface area contributed by atoms with Gasteiger partial charge >= 0.3 is 0 Å². The summed E-state index contributed by atoms with van der Waals surface area (Å²) < 4.78 is 5.07. The summed E-state index contributed by atoms with van der Waals surface area (Å²) in [7, 11) is 1.64. The second-order valence-electron chi connectivity index (χ2n) is 3.26. The Morgan fingerprint density at radius 1 is 1.57 bits per heavy atom. The molecule has 76 valence electrons. The van der Waals surface area contributed by atoms with Crippen molar-refractivity contribution in [3.8, 4) is 5.88 Å². The van der Waals surface area contributed by atoms with Crippen molar-refractivity contribution in [2.24, 2.45) is 0 Å². The van der Waals surface area contributed by atoms with Gasteiger partial charge in [-0.1, -0.05) is 26.0 Å². The van der Waals surface area contributed by atoms with Gasteiger partial charge in [0.05, 0.1) is 7.11 Å². The van der Waals surface area contributed by atoms with Gasteiger partial charge in [-0.05, 0) is 24.0 Å². The van der Waals surface area contributed by atoms with Crippen LogP contribution in [0.15, 0.2) is 30.5 Å². The number of methoxy groups -OCH3 is 1. The number of pyridine rings is 1. The van der Waals surface area contributed by atoms with Crippen LogP contribution < -0.4 is 4.74 Å². The van der Waals surface area contributed by atoms with Gasteiger partial charge < -0.3 is 4.74 Å². The molecule has 1 aromatic rings. The summed E-state index contributed by atoms with van der Waals surface area (Å²) in [5.41, 5.74) is 1.24. The maximum atomic E-state index is 5.07. The number of ether oxygens (including phenoxy) is 1. The topological polar surface area (TPSA) is 22.1 Å². The summed E-state index contributed by atoms with van der Waals surface area (Å²) in [6.07, 6.45) is 7.24. The van der Waals surface area contributed by atoms with E-state index in [1.165, 1.54) is 5.56 Å². The Kier molecular flexibility index (Phi) is 4.17. The van der Waals surface area contributed by atoms with Crippen LogP contribution in [0.2, 0.25) is 0 Å². The van der Waals surface area contributed by atoms with E-state index in [1.54, 1.807) is 13.3 Å². The highest BCUT2D eigenvalue weighted by Crippen LogP contribution is 2.19. The first-order valence-electron chi connectivity index (χ1n) is 4.94. The number of nitrogens with zero attached hydrogens (tertiary/aromatic N) is 1. The lowest BCUT2D eigenvalue weighted by molar-refractivity contribution is 0.397. The molecule has 0 saturated heterocycles. The Labute approximate surface area is 85.6 Å². The van der Waals surface area contributed by atoms with E-state index < -0.39 is 0 Å². The maximum absolute atomic E-state index is 5.07. The van der Waals surface area contributed by atoms with Crippen LogP contribution in [0, 0.1) is 0 Å². The second-order valence-corrected chi connectivity index (χ2v) is 3.26. The maximum Gasteiger partial charge on any atom is 0.213 e. The average Bonchev–Trinajstić information content (AvgIpc) is 2.26. The highest BCUT2D eigenvalue weighted by molar-refractivity contribution is 5.26. The fourth-order valence-electron chi connectivity index (χ4n) is 1.27. The fourth-order valence-corrected chi connectivity index (χ4v) is 1.27. The van der Waals surface area contributed by atoms with Crippen molar-refractivity contribution in [1.29, 1.82) is 0 Å². The van der Waals surface area contributed by atoms with Crippen LogP contribution in [-0.4, -0.2) is 12.1 Å².